The fraction of sp³-hybridized carbons (Fsp3) is 0.385. The zero-order valence-corrected chi connectivity index (χ0v) is 9.46. The lowest BCUT2D eigenvalue weighted by Gasteiger charge is -1.97. The van der Waals surface area contributed by atoms with Crippen LogP contribution in [0.5, 0.6) is 5.75 Å². The fourth-order valence-corrected chi connectivity index (χ4v) is 1.93. The van der Waals surface area contributed by atoms with Crippen molar-refractivity contribution in [3.63, 3.8) is 0 Å². The van der Waals surface area contributed by atoms with E-state index < -0.39 is 0 Å². The van der Waals surface area contributed by atoms with E-state index in [0.29, 0.717) is 0 Å². The van der Waals surface area contributed by atoms with Gasteiger partial charge in [-0.15, -0.1) is 0 Å². The number of aryl methyl sites for hydroxylation is 1. The molecule has 0 amide bonds. The second-order valence-corrected chi connectivity index (χ2v) is 3.41. The lowest BCUT2D eigenvalue weighted by atomic mass is 10.1. The largest absolute Gasteiger partial charge is 0.493 e. The molecule has 0 spiro atoms. The summed E-state index contributed by atoms with van der Waals surface area (Å²) in [5.74, 6) is 1.99. The molecule has 0 aliphatic carbocycles. The van der Waals surface area contributed by atoms with Crippen molar-refractivity contribution < 1.29 is 9.15 Å². The zero-order valence-electron chi connectivity index (χ0n) is 9.46. The highest BCUT2D eigenvalue weighted by Crippen LogP contribution is 2.33. The molecule has 1 aliphatic heterocycles. The van der Waals surface area contributed by atoms with Crippen LogP contribution in [0.25, 0.3) is 11.0 Å². The summed E-state index contributed by atoms with van der Waals surface area (Å²) in [5.41, 5.74) is 2.27. The first-order valence-electron chi connectivity index (χ1n) is 5.49. The van der Waals surface area contributed by atoms with Gasteiger partial charge in [0.1, 0.15) is 17.1 Å². The summed E-state index contributed by atoms with van der Waals surface area (Å²) in [6.45, 7) is 6.78. The predicted molar refractivity (Wildman–Crippen MR) is 61.5 cm³/mol. The van der Waals surface area contributed by atoms with Gasteiger partial charge in [0.05, 0.1) is 6.61 Å². The first-order chi connectivity index (χ1) is 7.34. The van der Waals surface area contributed by atoms with Gasteiger partial charge in [0, 0.05) is 17.4 Å². The Morgan fingerprint density at radius 3 is 2.80 bits per heavy atom. The van der Waals surface area contributed by atoms with E-state index in [9.17, 15) is 0 Å². The minimum atomic E-state index is 0.804. The van der Waals surface area contributed by atoms with Crippen molar-refractivity contribution >= 4 is 11.0 Å². The third kappa shape index (κ3) is 1.60. The van der Waals surface area contributed by atoms with E-state index in [-0.39, 0.29) is 0 Å². The maximum atomic E-state index is 5.54. The third-order valence-corrected chi connectivity index (χ3v) is 2.50. The van der Waals surface area contributed by atoms with Crippen LogP contribution in [0, 0.1) is 6.92 Å². The molecule has 0 radical (unpaired) electrons. The smallest absolute Gasteiger partial charge is 0.134 e. The highest BCUT2D eigenvalue weighted by molar-refractivity contribution is 5.84. The molecule has 0 saturated heterocycles. The van der Waals surface area contributed by atoms with Crippen molar-refractivity contribution in [3.8, 4) is 5.75 Å². The minimum absolute atomic E-state index is 0.804. The van der Waals surface area contributed by atoms with E-state index in [4.69, 9.17) is 9.15 Å². The number of hydrogen-bond donors (Lipinski definition) is 0. The van der Waals surface area contributed by atoms with Gasteiger partial charge in [0.2, 0.25) is 0 Å². The lowest BCUT2D eigenvalue weighted by molar-refractivity contribution is 0.357. The van der Waals surface area contributed by atoms with Crippen LogP contribution < -0.4 is 4.74 Å². The molecular weight excluding hydrogens is 188 g/mol. The van der Waals surface area contributed by atoms with Gasteiger partial charge in [0.15, 0.2) is 0 Å². The Bertz CT molecular complexity index is 469. The van der Waals surface area contributed by atoms with Crippen LogP contribution in [0.3, 0.4) is 0 Å². The number of rotatable bonds is 0. The van der Waals surface area contributed by atoms with Crippen LogP contribution in [0.2, 0.25) is 0 Å². The first-order valence-corrected chi connectivity index (χ1v) is 5.49. The number of ether oxygens (including phenoxy) is 1. The molecule has 0 saturated carbocycles. The lowest BCUT2D eigenvalue weighted by Crippen LogP contribution is -1.85. The Balaban J connectivity index is 0.000000404. The molecule has 0 unspecified atom stereocenters. The molecule has 0 bridgehead atoms. The summed E-state index contributed by atoms with van der Waals surface area (Å²) in [6.07, 6.45) is 1.01. The van der Waals surface area contributed by atoms with E-state index in [1.807, 2.05) is 32.9 Å². The second kappa shape index (κ2) is 3.97. The van der Waals surface area contributed by atoms with E-state index in [0.717, 1.165) is 30.1 Å². The molecule has 0 atom stereocenters. The highest BCUT2D eigenvalue weighted by Gasteiger charge is 2.16. The Hall–Kier alpha value is -1.44. The average Bonchev–Trinajstić information content (AvgIpc) is 2.84. The van der Waals surface area contributed by atoms with E-state index in [1.165, 1.54) is 10.9 Å². The Morgan fingerprint density at radius 2 is 2.00 bits per heavy atom. The van der Waals surface area contributed by atoms with Gasteiger partial charge in [0.25, 0.3) is 0 Å². The van der Waals surface area contributed by atoms with Crippen molar-refractivity contribution in [2.75, 3.05) is 6.61 Å². The average molecular weight is 204 g/mol. The number of hydrogen-bond acceptors (Lipinski definition) is 2. The molecule has 1 aliphatic rings. The topological polar surface area (TPSA) is 22.4 Å². The summed E-state index contributed by atoms with van der Waals surface area (Å²) in [7, 11) is 0. The molecule has 2 aromatic rings. The van der Waals surface area contributed by atoms with Crippen LogP contribution in [0.4, 0.5) is 0 Å². The summed E-state index contributed by atoms with van der Waals surface area (Å²) in [5, 5.41) is 1.22. The second-order valence-electron chi connectivity index (χ2n) is 3.41. The molecule has 1 aromatic carbocycles. The summed E-state index contributed by atoms with van der Waals surface area (Å²) in [4.78, 5) is 0. The van der Waals surface area contributed by atoms with Gasteiger partial charge in [-0.3, -0.25) is 0 Å². The first kappa shape index (κ1) is 10.1. The van der Waals surface area contributed by atoms with Crippen molar-refractivity contribution in [1.29, 1.82) is 0 Å². The minimum Gasteiger partial charge on any atom is -0.493 e. The maximum absolute atomic E-state index is 5.54. The Labute approximate surface area is 89.8 Å². The van der Waals surface area contributed by atoms with Crippen LogP contribution in [-0.4, -0.2) is 6.61 Å². The van der Waals surface area contributed by atoms with Crippen molar-refractivity contribution in [2.45, 2.75) is 27.2 Å². The van der Waals surface area contributed by atoms with Crippen molar-refractivity contribution in [1.82, 2.24) is 0 Å². The van der Waals surface area contributed by atoms with Gasteiger partial charge in [-0.2, -0.15) is 0 Å². The predicted octanol–water partition coefficient (Wildman–Crippen LogP) is 3.70. The third-order valence-electron chi connectivity index (χ3n) is 2.50. The Kier molecular flexibility index (Phi) is 2.67. The summed E-state index contributed by atoms with van der Waals surface area (Å²) < 4.78 is 11.0. The van der Waals surface area contributed by atoms with Crippen molar-refractivity contribution in [2.24, 2.45) is 0 Å². The summed E-state index contributed by atoms with van der Waals surface area (Å²) >= 11 is 0. The van der Waals surface area contributed by atoms with Crippen LogP contribution in [0.15, 0.2) is 22.6 Å². The van der Waals surface area contributed by atoms with E-state index in [1.54, 1.807) is 0 Å². The number of fused-ring (bicyclic) bond motifs is 3. The molecule has 1 aromatic heterocycles. The Morgan fingerprint density at radius 1 is 1.20 bits per heavy atom. The van der Waals surface area contributed by atoms with Gasteiger partial charge >= 0.3 is 0 Å². The summed E-state index contributed by atoms with van der Waals surface area (Å²) in [6, 6.07) is 6.06. The van der Waals surface area contributed by atoms with Gasteiger partial charge in [-0.05, 0) is 25.1 Å². The number of furan rings is 1. The fourth-order valence-electron chi connectivity index (χ4n) is 1.93. The van der Waals surface area contributed by atoms with Crippen LogP contribution in [-0.2, 0) is 6.42 Å². The molecule has 2 heterocycles. The molecule has 15 heavy (non-hydrogen) atoms. The van der Waals surface area contributed by atoms with Gasteiger partial charge in [-0.25, -0.2) is 0 Å². The maximum Gasteiger partial charge on any atom is 0.134 e. The standard InChI is InChI=1S/C11H10O2.C2H6/c1-7-6-9-8-4-5-12-10(8)2-3-11(9)13-7;1-2/h2-3,6H,4-5H2,1H3;1-2H3. The van der Waals surface area contributed by atoms with Gasteiger partial charge < -0.3 is 9.15 Å². The number of benzene rings is 1. The monoisotopic (exact) mass is 204 g/mol. The molecule has 80 valence electrons. The normalized spacial score (nSPS) is 13.0. The molecule has 0 fully saturated rings. The zero-order chi connectivity index (χ0) is 10.8. The molecule has 3 rings (SSSR count). The highest BCUT2D eigenvalue weighted by atomic mass is 16.5. The van der Waals surface area contributed by atoms with Crippen LogP contribution >= 0.6 is 0 Å². The van der Waals surface area contributed by atoms with E-state index in [2.05, 4.69) is 6.07 Å². The van der Waals surface area contributed by atoms with Crippen LogP contribution in [0.1, 0.15) is 25.2 Å². The quantitative estimate of drug-likeness (QED) is 0.652. The SMILES string of the molecule is CC.Cc1cc2c3c(ccc2o1)OCC3. The van der Waals surface area contributed by atoms with E-state index >= 15 is 0 Å². The molecule has 2 heteroatoms. The van der Waals surface area contributed by atoms with Crippen molar-refractivity contribution in [3.05, 3.63) is 29.5 Å². The molecule has 0 N–H and O–H groups in total. The van der Waals surface area contributed by atoms with Gasteiger partial charge in [-0.1, -0.05) is 13.8 Å². The molecule has 2 nitrogen and oxygen atoms in total. The molecular formula is C13H16O2.